The van der Waals surface area contributed by atoms with Crippen molar-refractivity contribution in [2.24, 2.45) is 12.8 Å². The minimum Gasteiger partial charge on any atom is -0.488 e. The van der Waals surface area contributed by atoms with E-state index in [2.05, 4.69) is 46.4 Å². The lowest BCUT2D eigenvalue weighted by molar-refractivity contribution is 0.0844. The first-order valence-electron chi connectivity index (χ1n) is 12.9. The standard InChI is InChI=1S/C27H34N8O3/c1-16-20(32-26(37)18-7-8-21-17(12-18)9-10-27(2,3)38-21)6-5-11-35(16)22-14-29-23(24(28)36)25(33-22)31-19-13-30-34(4)15-19/h7-8,12-16,20H,5-6,9-11H2,1-4H3,(H2,28,36)(H,31,33)(H,32,37)/t16-,20-/m1/s1. The van der Waals surface area contributed by atoms with Crippen molar-refractivity contribution in [2.45, 2.75) is 64.1 Å². The Labute approximate surface area is 221 Å². The molecule has 1 fully saturated rings. The lowest BCUT2D eigenvalue weighted by Crippen LogP contribution is -2.54. The summed E-state index contributed by atoms with van der Waals surface area (Å²) in [6, 6.07) is 5.53. The number of hydrogen-bond donors (Lipinski definition) is 3. The van der Waals surface area contributed by atoms with Crippen LogP contribution in [-0.4, -0.2) is 55.8 Å². The van der Waals surface area contributed by atoms with Gasteiger partial charge >= 0.3 is 0 Å². The molecule has 11 nitrogen and oxygen atoms in total. The number of nitrogens with one attached hydrogen (secondary N) is 2. The molecule has 1 aromatic carbocycles. The molecule has 5 rings (SSSR count). The molecule has 1 saturated heterocycles. The van der Waals surface area contributed by atoms with Gasteiger partial charge in [0.1, 0.15) is 17.2 Å². The quantitative estimate of drug-likeness (QED) is 0.452. The number of carbonyl (C=O) groups is 2. The summed E-state index contributed by atoms with van der Waals surface area (Å²) in [7, 11) is 1.80. The molecule has 0 radical (unpaired) electrons. The molecular formula is C27H34N8O3. The highest BCUT2D eigenvalue weighted by molar-refractivity contribution is 5.96. The fourth-order valence-electron chi connectivity index (χ4n) is 5.12. The highest BCUT2D eigenvalue weighted by Crippen LogP contribution is 2.33. The number of nitrogens with zero attached hydrogens (tertiary/aromatic N) is 5. The molecule has 0 saturated carbocycles. The van der Waals surface area contributed by atoms with Crippen molar-refractivity contribution in [2.75, 3.05) is 16.8 Å². The van der Waals surface area contributed by atoms with E-state index in [0.717, 1.165) is 43.5 Å². The first-order chi connectivity index (χ1) is 18.1. The Morgan fingerprint density at radius 3 is 2.79 bits per heavy atom. The summed E-state index contributed by atoms with van der Waals surface area (Å²) in [6.45, 7) is 6.97. The summed E-state index contributed by atoms with van der Waals surface area (Å²) in [5.41, 5.74) is 7.76. The van der Waals surface area contributed by atoms with E-state index in [4.69, 9.17) is 15.5 Å². The zero-order valence-electron chi connectivity index (χ0n) is 22.2. The maximum atomic E-state index is 13.2. The number of nitrogens with two attached hydrogens (primary N) is 1. The second kappa shape index (κ2) is 9.96. The summed E-state index contributed by atoms with van der Waals surface area (Å²) < 4.78 is 7.70. The summed E-state index contributed by atoms with van der Waals surface area (Å²) in [5.74, 6) is 0.933. The number of carbonyl (C=O) groups excluding carboxylic acids is 2. The second-order valence-corrected chi connectivity index (χ2v) is 10.7. The van der Waals surface area contributed by atoms with E-state index in [1.54, 1.807) is 30.3 Å². The highest BCUT2D eigenvalue weighted by Gasteiger charge is 2.32. The van der Waals surface area contributed by atoms with Gasteiger partial charge in [0.15, 0.2) is 11.5 Å². The minimum atomic E-state index is -0.675. The minimum absolute atomic E-state index is 0.0468. The van der Waals surface area contributed by atoms with Crippen LogP contribution in [0.3, 0.4) is 0 Å². The number of fused-ring (bicyclic) bond motifs is 1. The molecule has 200 valence electrons. The molecule has 0 unspecified atom stereocenters. The summed E-state index contributed by atoms with van der Waals surface area (Å²) in [4.78, 5) is 36.3. The van der Waals surface area contributed by atoms with Gasteiger partial charge in [0.2, 0.25) is 0 Å². The van der Waals surface area contributed by atoms with E-state index >= 15 is 0 Å². The fourth-order valence-corrected chi connectivity index (χ4v) is 5.12. The average Bonchev–Trinajstić information content (AvgIpc) is 3.28. The van der Waals surface area contributed by atoms with Gasteiger partial charge < -0.3 is 26.0 Å². The molecular weight excluding hydrogens is 484 g/mol. The van der Waals surface area contributed by atoms with E-state index < -0.39 is 5.91 Å². The topological polar surface area (TPSA) is 140 Å². The van der Waals surface area contributed by atoms with Gasteiger partial charge in [-0.15, -0.1) is 0 Å². The number of anilines is 3. The lowest BCUT2D eigenvalue weighted by Gasteiger charge is -2.40. The Morgan fingerprint density at radius 2 is 2.05 bits per heavy atom. The molecule has 38 heavy (non-hydrogen) atoms. The molecule has 2 aliphatic heterocycles. The van der Waals surface area contributed by atoms with Crippen LogP contribution in [0, 0.1) is 0 Å². The van der Waals surface area contributed by atoms with Crippen LogP contribution >= 0.6 is 0 Å². The van der Waals surface area contributed by atoms with Crippen molar-refractivity contribution in [3.8, 4) is 5.75 Å². The third-order valence-electron chi connectivity index (χ3n) is 7.26. The Bertz CT molecular complexity index is 1370. The Balaban J connectivity index is 1.32. The SMILES string of the molecule is C[C@@H]1[C@H](NC(=O)c2ccc3c(c2)CCC(C)(C)O3)CCCN1c1cnc(C(N)=O)c(Nc2cnn(C)c2)n1. The van der Waals surface area contributed by atoms with Crippen molar-refractivity contribution in [1.82, 2.24) is 25.1 Å². The average molecular weight is 519 g/mol. The van der Waals surface area contributed by atoms with E-state index in [0.29, 0.717) is 17.1 Å². The number of aromatic nitrogens is 4. The van der Waals surface area contributed by atoms with E-state index in [1.165, 1.54) is 0 Å². The Morgan fingerprint density at radius 1 is 1.24 bits per heavy atom. The normalized spacial score (nSPS) is 20.3. The molecule has 4 N–H and O–H groups in total. The summed E-state index contributed by atoms with van der Waals surface area (Å²) in [6.07, 6.45) is 8.45. The Hall–Kier alpha value is -4.15. The van der Waals surface area contributed by atoms with E-state index in [1.807, 2.05) is 18.2 Å². The van der Waals surface area contributed by atoms with Crippen LogP contribution in [0.25, 0.3) is 0 Å². The zero-order valence-corrected chi connectivity index (χ0v) is 22.2. The molecule has 4 heterocycles. The maximum absolute atomic E-state index is 13.2. The van der Waals surface area contributed by atoms with Gasteiger partial charge in [0.25, 0.3) is 11.8 Å². The molecule has 2 aromatic heterocycles. The highest BCUT2D eigenvalue weighted by atomic mass is 16.5. The fraction of sp³-hybridized carbons (Fsp3) is 0.444. The van der Waals surface area contributed by atoms with Gasteiger partial charge in [-0.2, -0.15) is 5.10 Å². The zero-order chi connectivity index (χ0) is 27.0. The number of hydrogen-bond acceptors (Lipinski definition) is 8. The predicted octanol–water partition coefficient (Wildman–Crippen LogP) is 2.94. The molecule has 11 heteroatoms. The predicted molar refractivity (Wildman–Crippen MR) is 144 cm³/mol. The van der Waals surface area contributed by atoms with Crippen molar-refractivity contribution in [3.05, 3.63) is 53.6 Å². The van der Waals surface area contributed by atoms with Gasteiger partial charge in [0, 0.05) is 37.4 Å². The van der Waals surface area contributed by atoms with Gasteiger partial charge in [0.05, 0.1) is 18.1 Å². The third kappa shape index (κ3) is 5.27. The van der Waals surface area contributed by atoms with Crippen molar-refractivity contribution in [3.63, 3.8) is 0 Å². The van der Waals surface area contributed by atoms with E-state index in [-0.39, 0.29) is 35.1 Å². The number of piperidine rings is 1. The van der Waals surface area contributed by atoms with E-state index in [9.17, 15) is 9.59 Å². The van der Waals surface area contributed by atoms with Crippen LogP contribution in [0.5, 0.6) is 5.75 Å². The van der Waals surface area contributed by atoms with Gasteiger partial charge in [-0.1, -0.05) is 0 Å². The number of primary amides is 1. The molecule has 2 amide bonds. The smallest absolute Gasteiger partial charge is 0.271 e. The van der Waals surface area contributed by atoms with Crippen LogP contribution in [0.2, 0.25) is 0 Å². The first kappa shape index (κ1) is 25.5. The first-order valence-corrected chi connectivity index (χ1v) is 12.9. The number of rotatable bonds is 6. The number of benzene rings is 1. The van der Waals surface area contributed by atoms with Crippen LogP contribution in [0.15, 0.2) is 36.8 Å². The van der Waals surface area contributed by atoms with Crippen LogP contribution in [0.4, 0.5) is 17.3 Å². The van der Waals surface area contributed by atoms with Crippen molar-refractivity contribution >= 4 is 29.1 Å². The molecule has 0 bridgehead atoms. The van der Waals surface area contributed by atoms with Gasteiger partial charge in [-0.25, -0.2) is 9.97 Å². The van der Waals surface area contributed by atoms with Crippen LogP contribution in [-0.2, 0) is 13.5 Å². The molecule has 0 aliphatic carbocycles. The Kier molecular flexibility index (Phi) is 6.68. The number of ether oxygens (including phenoxy) is 1. The van der Waals surface area contributed by atoms with Crippen LogP contribution < -0.4 is 26.0 Å². The van der Waals surface area contributed by atoms with Gasteiger partial charge in [-0.3, -0.25) is 14.3 Å². The lowest BCUT2D eigenvalue weighted by atomic mass is 9.93. The molecule has 3 aromatic rings. The second-order valence-electron chi connectivity index (χ2n) is 10.7. The number of amides is 2. The number of aryl methyl sites for hydroxylation is 2. The summed E-state index contributed by atoms with van der Waals surface area (Å²) in [5, 5.41) is 10.5. The third-order valence-corrected chi connectivity index (χ3v) is 7.26. The monoisotopic (exact) mass is 518 g/mol. The van der Waals surface area contributed by atoms with Crippen molar-refractivity contribution < 1.29 is 14.3 Å². The molecule has 0 spiro atoms. The molecule has 2 atom stereocenters. The van der Waals surface area contributed by atoms with Crippen LogP contribution in [0.1, 0.15) is 66.4 Å². The molecule has 2 aliphatic rings. The summed E-state index contributed by atoms with van der Waals surface area (Å²) >= 11 is 0. The maximum Gasteiger partial charge on any atom is 0.271 e. The van der Waals surface area contributed by atoms with Crippen molar-refractivity contribution in [1.29, 1.82) is 0 Å². The largest absolute Gasteiger partial charge is 0.488 e. The van der Waals surface area contributed by atoms with Gasteiger partial charge in [-0.05, 0) is 70.2 Å².